The predicted octanol–water partition coefficient (Wildman–Crippen LogP) is 3.48. The first-order valence-electron chi connectivity index (χ1n) is 6.56. The van der Waals surface area contributed by atoms with E-state index < -0.39 is 5.60 Å². The molecule has 2 aromatic rings. The maximum Gasteiger partial charge on any atom is 0.319 e. The van der Waals surface area contributed by atoms with Crippen LogP contribution in [0.15, 0.2) is 59.1 Å². The SMILES string of the molecule is CC(O)(CNC(=O)Nc1ccccc1)c1ccc(Br)cc1. The van der Waals surface area contributed by atoms with Crippen LogP contribution in [0.5, 0.6) is 0 Å². The first-order valence-corrected chi connectivity index (χ1v) is 7.35. The van der Waals surface area contributed by atoms with Crippen molar-refractivity contribution in [1.29, 1.82) is 0 Å². The van der Waals surface area contributed by atoms with Crippen molar-refractivity contribution in [3.63, 3.8) is 0 Å². The molecule has 0 saturated heterocycles. The van der Waals surface area contributed by atoms with Crippen LogP contribution in [-0.2, 0) is 5.60 Å². The molecule has 0 fully saturated rings. The Labute approximate surface area is 132 Å². The molecule has 110 valence electrons. The number of anilines is 1. The Balaban J connectivity index is 1.92. The molecule has 2 amide bonds. The number of carbonyl (C=O) groups is 1. The molecule has 0 spiro atoms. The van der Waals surface area contributed by atoms with Crippen molar-refractivity contribution in [2.45, 2.75) is 12.5 Å². The molecule has 0 aliphatic rings. The number of rotatable bonds is 4. The molecule has 1 unspecified atom stereocenters. The molecule has 0 radical (unpaired) electrons. The van der Waals surface area contributed by atoms with Crippen LogP contribution in [0.3, 0.4) is 0 Å². The molecule has 0 saturated carbocycles. The summed E-state index contributed by atoms with van der Waals surface area (Å²) in [4.78, 5) is 11.8. The van der Waals surface area contributed by atoms with Gasteiger partial charge in [-0.05, 0) is 36.8 Å². The number of nitrogens with one attached hydrogen (secondary N) is 2. The summed E-state index contributed by atoms with van der Waals surface area (Å²) in [5.41, 5.74) is 0.318. The first kappa shape index (κ1) is 15.5. The average molecular weight is 349 g/mol. The Morgan fingerprint density at radius 3 is 2.38 bits per heavy atom. The van der Waals surface area contributed by atoms with E-state index in [0.717, 1.165) is 10.0 Å². The van der Waals surface area contributed by atoms with Gasteiger partial charge in [0.25, 0.3) is 0 Å². The first-order chi connectivity index (χ1) is 9.97. The fraction of sp³-hybridized carbons (Fsp3) is 0.188. The molecule has 3 N–H and O–H groups in total. The van der Waals surface area contributed by atoms with Crippen LogP contribution in [0.2, 0.25) is 0 Å². The largest absolute Gasteiger partial charge is 0.384 e. The van der Waals surface area contributed by atoms with Gasteiger partial charge < -0.3 is 15.7 Å². The number of carbonyl (C=O) groups excluding carboxylic acids is 1. The Morgan fingerprint density at radius 2 is 1.76 bits per heavy atom. The number of aliphatic hydroxyl groups is 1. The molecule has 5 heteroatoms. The third-order valence-electron chi connectivity index (χ3n) is 3.09. The van der Waals surface area contributed by atoms with Gasteiger partial charge in [0.05, 0.1) is 6.54 Å². The fourth-order valence-corrected chi connectivity index (χ4v) is 2.12. The van der Waals surface area contributed by atoms with Crippen molar-refractivity contribution in [3.8, 4) is 0 Å². The van der Waals surface area contributed by atoms with E-state index in [4.69, 9.17) is 0 Å². The van der Waals surface area contributed by atoms with Crippen LogP contribution in [0.1, 0.15) is 12.5 Å². The zero-order chi connectivity index (χ0) is 15.3. The standard InChI is InChI=1S/C16H17BrN2O2/c1-16(21,12-7-9-13(17)10-8-12)11-18-15(20)19-14-5-3-2-4-6-14/h2-10,21H,11H2,1H3,(H2,18,19,20). The van der Waals surface area contributed by atoms with Gasteiger partial charge in [-0.1, -0.05) is 46.3 Å². The number of hydrogen-bond donors (Lipinski definition) is 3. The van der Waals surface area contributed by atoms with Crippen LogP contribution >= 0.6 is 15.9 Å². The summed E-state index contributed by atoms with van der Waals surface area (Å²) in [5.74, 6) is 0. The molecule has 0 bridgehead atoms. The van der Waals surface area contributed by atoms with Crippen LogP contribution in [0.25, 0.3) is 0 Å². The number of benzene rings is 2. The minimum absolute atomic E-state index is 0.118. The van der Waals surface area contributed by atoms with Gasteiger partial charge >= 0.3 is 6.03 Å². The van der Waals surface area contributed by atoms with Crippen LogP contribution in [0.4, 0.5) is 10.5 Å². The Kier molecular flexibility index (Phi) is 4.98. The molecule has 4 nitrogen and oxygen atoms in total. The number of halogens is 1. The maximum atomic E-state index is 11.8. The van der Waals surface area contributed by atoms with E-state index in [1.165, 1.54) is 0 Å². The van der Waals surface area contributed by atoms with Crippen LogP contribution < -0.4 is 10.6 Å². The van der Waals surface area contributed by atoms with Gasteiger partial charge in [-0.25, -0.2) is 4.79 Å². The van der Waals surface area contributed by atoms with E-state index in [-0.39, 0.29) is 12.6 Å². The highest BCUT2D eigenvalue weighted by Gasteiger charge is 2.23. The molecular formula is C16H17BrN2O2. The zero-order valence-corrected chi connectivity index (χ0v) is 13.2. The summed E-state index contributed by atoms with van der Waals surface area (Å²) in [7, 11) is 0. The second kappa shape index (κ2) is 6.74. The number of para-hydroxylation sites is 1. The molecular weight excluding hydrogens is 332 g/mol. The molecule has 21 heavy (non-hydrogen) atoms. The summed E-state index contributed by atoms with van der Waals surface area (Å²) in [6, 6.07) is 16.2. The lowest BCUT2D eigenvalue weighted by molar-refractivity contribution is 0.0599. The van der Waals surface area contributed by atoms with Gasteiger partial charge in [0.15, 0.2) is 0 Å². The number of urea groups is 1. The molecule has 2 rings (SSSR count). The Hall–Kier alpha value is -1.85. The summed E-state index contributed by atoms with van der Waals surface area (Å²) >= 11 is 3.35. The highest BCUT2D eigenvalue weighted by atomic mass is 79.9. The zero-order valence-electron chi connectivity index (χ0n) is 11.6. The summed E-state index contributed by atoms with van der Waals surface area (Å²) < 4.78 is 0.942. The third kappa shape index (κ3) is 4.58. The maximum absolute atomic E-state index is 11.8. The van der Waals surface area contributed by atoms with E-state index in [9.17, 15) is 9.90 Å². The van der Waals surface area contributed by atoms with Gasteiger partial charge in [-0.2, -0.15) is 0 Å². The molecule has 2 aromatic carbocycles. The lowest BCUT2D eigenvalue weighted by atomic mass is 9.96. The fourth-order valence-electron chi connectivity index (χ4n) is 1.86. The Bertz CT molecular complexity index is 597. The number of amides is 2. The molecule has 1 atom stereocenters. The molecule has 0 aliphatic carbocycles. The van der Waals surface area contributed by atoms with Crippen molar-refractivity contribution >= 4 is 27.6 Å². The van der Waals surface area contributed by atoms with E-state index in [2.05, 4.69) is 26.6 Å². The molecule has 0 aromatic heterocycles. The van der Waals surface area contributed by atoms with E-state index in [0.29, 0.717) is 5.69 Å². The van der Waals surface area contributed by atoms with Gasteiger partial charge in [-0.3, -0.25) is 0 Å². The average Bonchev–Trinajstić information content (AvgIpc) is 2.47. The summed E-state index contributed by atoms with van der Waals surface area (Å²) in [5, 5.41) is 15.8. The lowest BCUT2D eigenvalue weighted by Crippen LogP contribution is -2.40. The second-order valence-electron chi connectivity index (χ2n) is 4.95. The second-order valence-corrected chi connectivity index (χ2v) is 5.87. The van der Waals surface area contributed by atoms with E-state index in [1.807, 2.05) is 42.5 Å². The van der Waals surface area contributed by atoms with Gasteiger partial charge in [0.1, 0.15) is 5.60 Å². The minimum Gasteiger partial charge on any atom is -0.384 e. The predicted molar refractivity (Wildman–Crippen MR) is 87.2 cm³/mol. The monoisotopic (exact) mass is 348 g/mol. The van der Waals surface area contributed by atoms with Gasteiger partial charge in [0, 0.05) is 10.2 Å². The highest BCUT2D eigenvalue weighted by molar-refractivity contribution is 9.10. The lowest BCUT2D eigenvalue weighted by Gasteiger charge is -2.24. The van der Waals surface area contributed by atoms with Crippen molar-refractivity contribution in [2.24, 2.45) is 0 Å². The minimum atomic E-state index is -1.13. The van der Waals surface area contributed by atoms with E-state index >= 15 is 0 Å². The quantitative estimate of drug-likeness (QED) is 0.791. The smallest absolute Gasteiger partial charge is 0.319 e. The van der Waals surface area contributed by atoms with Gasteiger partial charge in [-0.15, -0.1) is 0 Å². The van der Waals surface area contributed by atoms with Crippen molar-refractivity contribution in [2.75, 3.05) is 11.9 Å². The van der Waals surface area contributed by atoms with Crippen molar-refractivity contribution in [3.05, 3.63) is 64.6 Å². The third-order valence-corrected chi connectivity index (χ3v) is 3.62. The number of hydrogen-bond acceptors (Lipinski definition) is 2. The van der Waals surface area contributed by atoms with Crippen LogP contribution in [0, 0.1) is 0 Å². The molecule has 0 aliphatic heterocycles. The summed E-state index contributed by atoms with van der Waals surface area (Å²) in [6.45, 7) is 1.78. The normalized spacial score (nSPS) is 13.3. The summed E-state index contributed by atoms with van der Waals surface area (Å²) in [6.07, 6.45) is 0. The molecule has 0 heterocycles. The Morgan fingerprint density at radius 1 is 1.14 bits per heavy atom. The topological polar surface area (TPSA) is 61.4 Å². The van der Waals surface area contributed by atoms with Crippen LogP contribution in [-0.4, -0.2) is 17.7 Å². The van der Waals surface area contributed by atoms with Crippen molar-refractivity contribution < 1.29 is 9.90 Å². The highest BCUT2D eigenvalue weighted by Crippen LogP contribution is 2.21. The van der Waals surface area contributed by atoms with Crippen molar-refractivity contribution in [1.82, 2.24) is 5.32 Å². The van der Waals surface area contributed by atoms with Gasteiger partial charge in [0.2, 0.25) is 0 Å². The van der Waals surface area contributed by atoms with E-state index in [1.54, 1.807) is 19.1 Å².